The summed E-state index contributed by atoms with van der Waals surface area (Å²) >= 11 is 1.22. The molecule has 1 amide bonds. The molecule has 39 heavy (non-hydrogen) atoms. The fourth-order valence-electron chi connectivity index (χ4n) is 5.33. The summed E-state index contributed by atoms with van der Waals surface area (Å²) in [6, 6.07) is 27.8. The van der Waals surface area contributed by atoms with Crippen molar-refractivity contribution in [3.8, 4) is 17.2 Å². The van der Waals surface area contributed by atoms with E-state index in [1.54, 1.807) is 12.1 Å². The standard InChI is InChI=1S/C31H28N4O3S/c1-37-26-18-9-8-16-24(26)30-32-33-31(38-30)39-20-27(36)35-29(22-13-6-3-7-14-22)25-17-10-15-23(28(25)34-35)19-21-11-4-2-5-12-21/h2-9,11-14,16,18-19,25,29H,10,15,17,20H2,1H3. The van der Waals surface area contributed by atoms with Gasteiger partial charge in [0.15, 0.2) is 0 Å². The predicted octanol–water partition coefficient (Wildman–Crippen LogP) is 6.66. The van der Waals surface area contributed by atoms with Crippen molar-refractivity contribution in [2.24, 2.45) is 11.0 Å². The van der Waals surface area contributed by atoms with E-state index in [1.165, 1.54) is 17.3 Å². The number of amides is 1. The number of rotatable bonds is 7. The molecule has 2 unspecified atom stereocenters. The van der Waals surface area contributed by atoms with Gasteiger partial charge in [-0.3, -0.25) is 4.79 Å². The second-order valence-corrected chi connectivity index (χ2v) is 10.4. The van der Waals surface area contributed by atoms with E-state index in [4.69, 9.17) is 14.3 Å². The molecule has 2 heterocycles. The van der Waals surface area contributed by atoms with Crippen molar-refractivity contribution >= 4 is 29.5 Å². The molecule has 1 aliphatic carbocycles. The summed E-state index contributed by atoms with van der Waals surface area (Å²) in [6.07, 6.45) is 5.23. The van der Waals surface area contributed by atoms with Gasteiger partial charge in [-0.1, -0.05) is 84.6 Å². The minimum Gasteiger partial charge on any atom is -0.496 e. The first-order chi connectivity index (χ1) is 19.2. The van der Waals surface area contributed by atoms with E-state index in [2.05, 4.69) is 40.5 Å². The lowest BCUT2D eigenvalue weighted by Gasteiger charge is -2.29. The maximum atomic E-state index is 13.7. The Morgan fingerprint density at radius 1 is 1.03 bits per heavy atom. The Labute approximate surface area is 231 Å². The quantitative estimate of drug-likeness (QED) is 0.246. The zero-order valence-corrected chi connectivity index (χ0v) is 22.4. The van der Waals surface area contributed by atoms with Gasteiger partial charge in [-0.05, 0) is 54.2 Å². The number of carbonyl (C=O) groups is 1. The average Bonchev–Trinajstić information content (AvgIpc) is 3.63. The van der Waals surface area contributed by atoms with Gasteiger partial charge in [-0.25, -0.2) is 5.01 Å². The first-order valence-corrected chi connectivity index (χ1v) is 14.0. The van der Waals surface area contributed by atoms with Crippen molar-refractivity contribution < 1.29 is 13.9 Å². The molecule has 8 heteroatoms. The first-order valence-electron chi connectivity index (χ1n) is 13.0. The number of benzene rings is 3. The molecule has 3 aromatic carbocycles. The molecule has 1 fully saturated rings. The van der Waals surface area contributed by atoms with Gasteiger partial charge in [0.25, 0.3) is 17.0 Å². The molecule has 0 radical (unpaired) electrons. The Balaban J connectivity index is 1.25. The van der Waals surface area contributed by atoms with Crippen LogP contribution in [0.2, 0.25) is 0 Å². The number of carbonyl (C=O) groups excluding carboxylic acids is 1. The molecule has 0 N–H and O–H groups in total. The van der Waals surface area contributed by atoms with Crippen LogP contribution in [0.15, 0.2) is 105 Å². The molecule has 2 aliphatic rings. The van der Waals surface area contributed by atoms with E-state index in [-0.39, 0.29) is 23.6 Å². The lowest BCUT2D eigenvalue weighted by Crippen LogP contribution is -2.32. The van der Waals surface area contributed by atoms with Crippen LogP contribution in [-0.2, 0) is 4.79 Å². The van der Waals surface area contributed by atoms with E-state index < -0.39 is 0 Å². The van der Waals surface area contributed by atoms with Gasteiger partial charge in [-0.2, -0.15) is 5.10 Å². The van der Waals surface area contributed by atoms with Crippen LogP contribution in [0.3, 0.4) is 0 Å². The fourth-order valence-corrected chi connectivity index (χ4v) is 5.94. The number of para-hydroxylation sites is 1. The molecule has 0 bridgehead atoms. The monoisotopic (exact) mass is 536 g/mol. The number of thioether (sulfide) groups is 1. The van der Waals surface area contributed by atoms with Gasteiger partial charge < -0.3 is 9.15 Å². The third-order valence-electron chi connectivity index (χ3n) is 7.10. The number of fused-ring (bicyclic) bond motifs is 1. The third-order valence-corrected chi connectivity index (χ3v) is 7.90. The summed E-state index contributed by atoms with van der Waals surface area (Å²) in [7, 11) is 1.60. The van der Waals surface area contributed by atoms with Gasteiger partial charge in [0.05, 0.1) is 30.2 Å². The van der Waals surface area contributed by atoms with Crippen molar-refractivity contribution in [2.45, 2.75) is 30.5 Å². The Bertz CT molecular complexity index is 1520. The molecule has 4 aromatic rings. The van der Waals surface area contributed by atoms with E-state index in [1.807, 2.05) is 60.7 Å². The number of aromatic nitrogens is 2. The van der Waals surface area contributed by atoms with Crippen LogP contribution in [0.25, 0.3) is 17.5 Å². The normalized spacial score (nSPS) is 19.6. The Kier molecular flexibility index (Phi) is 7.27. The van der Waals surface area contributed by atoms with E-state index in [9.17, 15) is 4.79 Å². The number of nitrogens with zero attached hydrogens (tertiary/aromatic N) is 4. The second kappa shape index (κ2) is 11.3. The lowest BCUT2D eigenvalue weighted by atomic mass is 9.77. The fraction of sp³-hybridized carbons (Fsp3) is 0.226. The molecular formula is C31H28N4O3S. The third kappa shape index (κ3) is 5.25. The van der Waals surface area contributed by atoms with Crippen LogP contribution >= 0.6 is 11.8 Å². The number of hydrogen-bond acceptors (Lipinski definition) is 7. The lowest BCUT2D eigenvalue weighted by molar-refractivity contribution is -0.130. The second-order valence-electron chi connectivity index (χ2n) is 9.52. The Morgan fingerprint density at radius 3 is 2.56 bits per heavy atom. The minimum atomic E-state index is -0.138. The molecule has 7 nitrogen and oxygen atoms in total. The summed E-state index contributed by atoms with van der Waals surface area (Å²) in [6.45, 7) is 0. The summed E-state index contributed by atoms with van der Waals surface area (Å²) < 4.78 is 11.3. The summed E-state index contributed by atoms with van der Waals surface area (Å²) in [5.41, 5.74) is 5.18. The Hall–Kier alpha value is -4.17. The highest BCUT2D eigenvalue weighted by molar-refractivity contribution is 7.99. The maximum Gasteiger partial charge on any atom is 0.277 e. The highest BCUT2D eigenvalue weighted by Gasteiger charge is 2.43. The highest BCUT2D eigenvalue weighted by Crippen LogP contribution is 2.44. The number of ether oxygens (including phenoxy) is 1. The van der Waals surface area contributed by atoms with Gasteiger partial charge in [-0.15, -0.1) is 10.2 Å². The first kappa shape index (κ1) is 25.1. The van der Waals surface area contributed by atoms with Crippen molar-refractivity contribution in [2.75, 3.05) is 12.9 Å². The topological polar surface area (TPSA) is 80.8 Å². The highest BCUT2D eigenvalue weighted by atomic mass is 32.2. The number of hydrazone groups is 1. The number of hydrogen-bond donors (Lipinski definition) is 0. The number of methoxy groups -OCH3 is 1. The predicted molar refractivity (Wildman–Crippen MR) is 152 cm³/mol. The van der Waals surface area contributed by atoms with Gasteiger partial charge in [0.2, 0.25) is 0 Å². The van der Waals surface area contributed by atoms with Gasteiger partial charge >= 0.3 is 0 Å². The smallest absolute Gasteiger partial charge is 0.277 e. The molecule has 6 rings (SSSR count). The molecule has 196 valence electrons. The molecule has 1 aromatic heterocycles. The van der Waals surface area contributed by atoms with E-state index >= 15 is 0 Å². The van der Waals surface area contributed by atoms with Crippen LogP contribution in [-0.4, -0.2) is 39.7 Å². The molecule has 0 spiro atoms. The SMILES string of the molecule is COc1ccccc1-c1nnc(SCC(=O)N2N=C3C(=Cc4ccccc4)CCCC3C2c2ccccc2)o1. The molecule has 1 saturated carbocycles. The van der Waals surface area contributed by atoms with Crippen LogP contribution in [0.1, 0.15) is 36.4 Å². The van der Waals surface area contributed by atoms with Crippen LogP contribution in [0.4, 0.5) is 0 Å². The van der Waals surface area contributed by atoms with Crippen molar-refractivity contribution in [3.05, 3.63) is 102 Å². The number of allylic oxidation sites excluding steroid dienone is 1. The largest absolute Gasteiger partial charge is 0.496 e. The van der Waals surface area contributed by atoms with Gasteiger partial charge in [0.1, 0.15) is 5.75 Å². The minimum absolute atomic E-state index is 0.0909. The Morgan fingerprint density at radius 2 is 1.77 bits per heavy atom. The van der Waals surface area contributed by atoms with Crippen LogP contribution in [0.5, 0.6) is 5.75 Å². The van der Waals surface area contributed by atoms with E-state index in [0.717, 1.165) is 36.1 Å². The zero-order chi connectivity index (χ0) is 26.6. The molecule has 0 saturated heterocycles. The molecule has 2 atom stereocenters. The summed E-state index contributed by atoms with van der Waals surface area (Å²) in [5, 5.41) is 15.3. The molecule has 1 aliphatic heterocycles. The van der Waals surface area contributed by atoms with E-state index in [0.29, 0.717) is 22.4 Å². The van der Waals surface area contributed by atoms with Crippen molar-refractivity contribution in [1.29, 1.82) is 0 Å². The maximum absolute atomic E-state index is 13.7. The average molecular weight is 537 g/mol. The van der Waals surface area contributed by atoms with Crippen molar-refractivity contribution in [1.82, 2.24) is 15.2 Å². The van der Waals surface area contributed by atoms with Crippen LogP contribution < -0.4 is 4.74 Å². The molecular weight excluding hydrogens is 508 g/mol. The summed E-state index contributed by atoms with van der Waals surface area (Å²) in [5.74, 6) is 1.21. The van der Waals surface area contributed by atoms with Crippen molar-refractivity contribution in [3.63, 3.8) is 0 Å². The van der Waals surface area contributed by atoms with Crippen LogP contribution in [0, 0.1) is 5.92 Å². The zero-order valence-electron chi connectivity index (χ0n) is 21.6. The summed E-state index contributed by atoms with van der Waals surface area (Å²) in [4.78, 5) is 13.7. The van der Waals surface area contributed by atoms with Gasteiger partial charge in [0, 0.05) is 5.92 Å².